The van der Waals surface area contributed by atoms with E-state index in [1.807, 2.05) is 128 Å². The average molecular weight is 785 g/mol. The normalized spacial score (nSPS) is 15.9. The summed E-state index contributed by atoms with van der Waals surface area (Å²) < 4.78 is 19.8. The molecule has 1 fully saturated rings. The van der Waals surface area contributed by atoms with Gasteiger partial charge in [0.25, 0.3) is 0 Å². The molecule has 2 bridgehead atoms. The fourth-order valence-electron chi connectivity index (χ4n) is 7.64. The lowest BCUT2D eigenvalue weighted by atomic mass is 9.88. The van der Waals surface area contributed by atoms with Crippen molar-refractivity contribution in [2.75, 3.05) is 6.54 Å². The second-order valence-electron chi connectivity index (χ2n) is 13.3. The summed E-state index contributed by atoms with van der Waals surface area (Å²) in [4.78, 5) is 13.9. The number of pyridine rings is 3. The van der Waals surface area contributed by atoms with Gasteiger partial charge in [0.05, 0.1) is 0 Å². The van der Waals surface area contributed by atoms with Gasteiger partial charge in [0.15, 0.2) is 0 Å². The summed E-state index contributed by atoms with van der Waals surface area (Å²) in [6.45, 7) is 17.8. The van der Waals surface area contributed by atoms with Crippen LogP contribution in [0.1, 0.15) is 106 Å². The third kappa shape index (κ3) is 12.3. The molecule has 1 saturated carbocycles. The van der Waals surface area contributed by atoms with E-state index in [1.165, 1.54) is 50.5 Å². The van der Waals surface area contributed by atoms with Crippen LogP contribution in [-0.4, -0.2) is 36.6 Å². The molecule has 0 radical (unpaired) electrons. The van der Waals surface area contributed by atoms with E-state index in [2.05, 4.69) is 39.6 Å². The highest BCUT2D eigenvalue weighted by molar-refractivity contribution is 6.40. The van der Waals surface area contributed by atoms with Gasteiger partial charge in [-0.3, -0.25) is 15.0 Å². The third-order valence-electron chi connectivity index (χ3n) is 10.1. The highest BCUT2D eigenvalue weighted by Gasteiger charge is 2.46. The van der Waals surface area contributed by atoms with E-state index in [1.54, 1.807) is 18.6 Å². The van der Waals surface area contributed by atoms with Gasteiger partial charge >= 0.3 is 15.1 Å². The molecule has 0 saturated heterocycles. The lowest BCUT2D eigenvalue weighted by Crippen LogP contribution is -2.37. The van der Waals surface area contributed by atoms with Crippen molar-refractivity contribution in [2.45, 2.75) is 107 Å². The van der Waals surface area contributed by atoms with Crippen LogP contribution < -0.4 is 16.7 Å². The molecule has 0 spiro atoms. The Kier molecular flexibility index (Phi) is 19.8. The average Bonchev–Trinajstić information content (AvgIpc) is 3.92. The summed E-state index contributed by atoms with van der Waals surface area (Å²) in [5.74, 6) is 4.57. The number of hydrogen-bond donors (Lipinski definition) is 1. The van der Waals surface area contributed by atoms with Crippen molar-refractivity contribution < 1.29 is 11.4 Å². The van der Waals surface area contributed by atoms with Gasteiger partial charge in [0, 0.05) is 41.3 Å². The number of nitrogens with zero attached hydrogens (tertiary/aromatic N) is 3. The molecule has 57 heavy (non-hydrogen) atoms. The Morgan fingerprint density at radius 2 is 1.11 bits per heavy atom. The van der Waals surface area contributed by atoms with Crippen LogP contribution in [0.3, 0.4) is 0 Å². The number of fused-ring (bicyclic) bond motifs is 5. The Morgan fingerprint density at radius 1 is 0.561 bits per heavy atom. The van der Waals surface area contributed by atoms with Gasteiger partial charge in [-0.2, -0.15) is 0 Å². The molecule has 3 aromatic heterocycles. The van der Waals surface area contributed by atoms with Crippen LogP contribution in [0.4, 0.5) is 0 Å². The number of rotatable bonds is 15. The maximum Gasteiger partial charge on any atom is 1.20 e. The second-order valence-corrected chi connectivity index (χ2v) is 14.6. The first kappa shape index (κ1) is 45.2. The van der Waals surface area contributed by atoms with Crippen LogP contribution in [0.25, 0.3) is 32.7 Å². The SMILES string of the molecule is C1=CC2CC1CC2CCCCCCNCc1ccc([O][Al]([O]c2cccc3cccnc23)[O]c2cccc3cccnc23)c2ncccc12.CC.CC.CC.CC. The second kappa shape index (κ2) is 25.0. The molecule has 302 valence electrons. The van der Waals surface area contributed by atoms with Crippen LogP contribution in [0, 0.1) is 17.8 Å². The van der Waals surface area contributed by atoms with E-state index >= 15 is 0 Å². The molecule has 8 heteroatoms. The predicted molar refractivity (Wildman–Crippen MR) is 242 cm³/mol. The van der Waals surface area contributed by atoms with Gasteiger partial charge in [0.1, 0.15) is 33.8 Å². The van der Waals surface area contributed by atoms with Crippen LogP contribution in [0.5, 0.6) is 17.2 Å². The van der Waals surface area contributed by atoms with Crippen LogP contribution in [0.2, 0.25) is 0 Å². The van der Waals surface area contributed by atoms with Gasteiger partial charge in [-0.15, -0.1) is 0 Å². The van der Waals surface area contributed by atoms with Crippen molar-refractivity contribution in [3.05, 3.63) is 121 Å². The van der Waals surface area contributed by atoms with Gasteiger partial charge < -0.3 is 16.7 Å². The number of nitrogens with one attached hydrogen (secondary N) is 1. The monoisotopic (exact) mass is 784 g/mol. The number of aromatic nitrogens is 3. The Hall–Kier alpha value is -4.48. The summed E-state index contributed by atoms with van der Waals surface area (Å²) in [5, 5.41) is 6.70. The van der Waals surface area contributed by atoms with Crippen molar-refractivity contribution in [3.63, 3.8) is 0 Å². The molecule has 0 amide bonds. The molecule has 2 aliphatic carbocycles. The quantitative estimate of drug-likeness (QED) is 0.0631. The largest absolute Gasteiger partial charge is 1.20 e. The van der Waals surface area contributed by atoms with E-state index in [9.17, 15) is 0 Å². The molecule has 3 unspecified atom stereocenters. The molecule has 0 aliphatic heterocycles. The molecule has 6 aromatic rings. The third-order valence-corrected chi connectivity index (χ3v) is 11.4. The van der Waals surface area contributed by atoms with E-state index in [0.717, 1.165) is 63.6 Å². The van der Waals surface area contributed by atoms with Gasteiger partial charge in [-0.1, -0.05) is 135 Å². The van der Waals surface area contributed by atoms with Crippen molar-refractivity contribution in [1.29, 1.82) is 0 Å². The van der Waals surface area contributed by atoms with Crippen molar-refractivity contribution >= 4 is 47.9 Å². The summed E-state index contributed by atoms with van der Waals surface area (Å²) in [5.41, 5.74) is 3.49. The van der Waals surface area contributed by atoms with Crippen LogP contribution in [-0.2, 0) is 6.54 Å². The fourth-order valence-corrected chi connectivity index (χ4v) is 8.98. The topological polar surface area (TPSA) is 78.4 Å². The first-order chi connectivity index (χ1) is 28.3. The standard InChI is InChI=1S/C23H30N2O.2C9H7NO.4C2H6.Al/c26-22-11-10-20(21-7-5-13-25-23(21)22)16-24-12-4-2-1-3-6-18-14-17-8-9-19(18)15-17;2*11-8-5-1-3-7-4-2-6-10-9(7)8;4*1-2;/h5,7-11,13,17-19,24,26H,1-4,6,12,14-16H2;2*1-6,11H;4*1-2H3;/q;;;;;;;+3/p-3. The molecule has 1 N–H and O–H groups in total. The van der Waals surface area contributed by atoms with E-state index in [0.29, 0.717) is 17.2 Å². The van der Waals surface area contributed by atoms with Crippen LogP contribution >= 0.6 is 0 Å². The Morgan fingerprint density at radius 3 is 1.68 bits per heavy atom. The minimum Gasteiger partial charge on any atom is -0.576 e. The predicted octanol–water partition coefficient (Wildman–Crippen LogP) is 13.2. The first-order valence-corrected chi connectivity index (χ1v) is 23.1. The highest BCUT2D eigenvalue weighted by Crippen LogP contribution is 2.45. The van der Waals surface area contributed by atoms with Gasteiger partial charge in [-0.25, -0.2) is 0 Å². The maximum absolute atomic E-state index is 6.67. The number of unbranched alkanes of at least 4 members (excludes halogenated alkanes) is 3. The zero-order valence-corrected chi connectivity index (χ0v) is 36.9. The molecule has 2 aliphatic rings. The lowest BCUT2D eigenvalue weighted by Gasteiger charge is -2.19. The fraction of sp³-hybridized carbons (Fsp3) is 0.408. The van der Waals surface area contributed by atoms with Crippen molar-refractivity contribution in [1.82, 2.24) is 20.3 Å². The molecule has 8 rings (SSSR count). The summed E-state index contributed by atoms with van der Waals surface area (Å²) in [7, 11) is 0. The van der Waals surface area contributed by atoms with E-state index in [4.69, 9.17) is 16.3 Å². The summed E-state index contributed by atoms with van der Waals surface area (Å²) >= 11 is -2.94. The molecule has 3 aromatic carbocycles. The molecule has 7 nitrogen and oxygen atoms in total. The molecular weight excluding hydrogens is 720 g/mol. The number of hydrogen-bond acceptors (Lipinski definition) is 7. The molecular formula is C49H65AlN4O3. The van der Waals surface area contributed by atoms with E-state index < -0.39 is 15.1 Å². The molecule has 3 heterocycles. The smallest absolute Gasteiger partial charge is 0.576 e. The number of benzene rings is 3. The number of allylic oxidation sites excluding steroid dienone is 2. The summed E-state index contributed by atoms with van der Waals surface area (Å²) in [6, 6.07) is 27.9. The first-order valence-electron chi connectivity index (χ1n) is 21.7. The van der Waals surface area contributed by atoms with Gasteiger partial charge in [0.2, 0.25) is 0 Å². The van der Waals surface area contributed by atoms with Crippen molar-refractivity contribution in [2.24, 2.45) is 17.8 Å². The zero-order valence-electron chi connectivity index (χ0n) is 35.7. The Balaban J connectivity index is 0.000000849. The summed E-state index contributed by atoms with van der Waals surface area (Å²) in [6.07, 6.45) is 19.7. The van der Waals surface area contributed by atoms with Crippen molar-refractivity contribution in [3.8, 4) is 17.2 Å². The highest BCUT2D eigenvalue weighted by atomic mass is 27.3. The van der Waals surface area contributed by atoms with E-state index in [-0.39, 0.29) is 0 Å². The Labute approximate surface area is 347 Å². The molecule has 3 atom stereocenters. The Bertz CT molecular complexity index is 2000. The maximum atomic E-state index is 6.67. The number of para-hydroxylation sites is 2. The minimum absolute atomic E-state index is 0.615. The lowest BCUT2D eigenvalue weighted by molar-refractivity contribution is 0.311. The van der Waals surface area contributed by atoms with Crippen LogP contribution in [0.15, 0.2) is 116 Å². The zero-order chi connectivity index (χ0) is 40.8. The van der Waals surface area contributed by atoms with Gasteiger partial charge in [-0.05, 0) is 91.9 Å². The minimum atomic E-state index is -2.94.